The summed E-state index contributed by atoms with van der Waals surface area (Å²) in [7, 11) is 0. The lowest BCUT2D eigenvalue weighted by atomic mass is 10.2. The van der Waals surface area contributed by atoms with Crippen molar-refractivity contribution >= 4 is 5.97 Å². The Morgan fingerprint density at radius 1 is 1.65 bits per heavy atom. The molecule has 0 radical (unpaired) electrons. The molecule has 4 heteroatoms. The molecule has 17 heavy (non-hydrogen) atoms. The summed E-state index contributed by atoms with van der Waals surface area (Å²) >= 11 is 0. The topological polar surface area (TPSA) is 40.5 Å². The fraction of sp³-hybridized carbons (Fsp3) is 0.615. The number of aryl methyl sites for hydroxylation is 1. The largest absolute Gasteiger partial charge is 0.461 e. The molecule has 1 atom stereocenters. The molecule has 0 saturated carbocycles. The molecule has 1 aromatic heterocycles. The first-order valence-corrected chi connectivity index (χ1v) is 6.16. The van der Waals surface area contributed by atoms with Crippen LogP contribution in [0.3, 0.4) is 0 Å². The van der Waals surface area contributed by atoms with Gasteiger partial charge in [0.2, 0.25) is 0 Å². The van der Waals surface area contributed by atoms with Crippen molar-refractivity contribution in [2.24, 2.45) is 0 Å². The van der Waals surface area contributed by atoms with E-state index in [2.05, 4.69) is 0 Å². The number of aromatic nitrogens is 1. The average Bonchev–Trinajstić information content (AvgIpc) is 2.90. The van der Waals surface area contributed by atoms with Gasteiger partial charge in [0, 0.05) is 19.3 Å². The summed E-state index contributed by atoms with van der Waals surface area (Å²) in [6.45, 7) is 5.73. The van der Waals surface area contributed by atoms with Crippen LogP contribution in [0, 0.1) is 6.92 Å². The molecular formula is C13H19NO3. The first-order chi connectivity index (χ1) is 8.22. The van der Waals surface area contributed by atoms with Gasteiger partial charge in [-0.1, -0.05) is 0 Å². The molecule has 0 bridgehead atoms. The molecule has 0 aliphatic carbocycles. The van der Waals surface area contributed by atoms with Gasteiger partial charge in [-0.15, -0.1) is 0 Å². The monoisotopic (exact) mass is 237 g/mol. The second-order valence-electron chi connectivity index (χ2n) is 4.36. The Labute approximate surface area is 102 Å². The smallest absolute Gasteiger partial charge is 0.355 e. The van der Waals surface area contributed by atoms with Gasteiger partial charge in [-0.3, -0.25) is 0 Å². The summed E-state index contributed by atoms with van der Waals surface area (Å²) in [5.41, 5.74) is 1.61. The van der Waals surface area contributed by atoms with Crippen molar-refractivity contribution in [3.8, 4) is 0 Å². The van der Waals surface area contributed by atoms with E-state index >= 15 is 0 Å². The summed E-state index contributed by atoms with van der Waals surface area (Å²) in [5, 5.41) is 0. The number of carbonyl (C=O) groups is 1. The van der Waals surface area contributed by atoms with Crippen LogP contribution in [0.2, 0.25) is 0 Å². The van der Waals surface area contributed by atoms with E-state index in [4.69, 9.17) is 9.47 Å². The quantitative estimate of drug-likeness (QED) is 0.753. The van der Waals surface area contributed by atoms with E-state index in [1.807, 2.05) is 30.7 Å². The second kappa shape index (κ2) is 5.36. The number of rotatable bonds is 4. The van der Waals surface area contributed by atoms with Crippen molar-refractivity contribution in [3.63, 3.8) is 0 Å². The third kappa shape index (κ3) is 2.69. The Morgan fingerprint density at radius 2 is 2.47 bits per heavy atom. The Balaban J connectivity index is 2.13. The van der Waals surface area contributed by atoms with Gasteiger partial charge >= 0.3 is 5.97 Å². The Bertz CT molecular complexity index is 391. The van der Waals surface area contributed by atoms with Gasteiger partial charge in [-0.25, -0.2) is 4.79 Å². The van der Waals surface area contributed by atoms with Gasteiger partial charge in [-0.05, 0) is 38.3 Å². The first kappa shape index (κ1) is 12.2. The minimum Gasteiger partial charge on any atom is -0.461 e. The Hall–Kier alpha value is -1.29. The number of ether oxygens (including phenoxy) is 2. The summed E-state index contributed by atoms with van der Waals surface area (Å²) in [6.07, 6.45) is 4.34. The minimum absolute atomic E-state index is 0.231. The summed E-state index contributed by atoms with van der Waals surface area (Å²) in [6, 6.07) is 1.95. The maximum absolute atomic E-state index is 11.8. The SMILES string of the molecule is CCOC(=O)c1c(C)ccn1CC1CCCO1. The molecule has 2 rings (SSSR count). The molecule has 1 aliphatic rings. The van der Waals surface area contributed by atoms with Crippen LogP contribution in [0.4, 0.5) is 0 Å². The molecule has 1 aliphatic heterocycles. The molecule has 0 N–H and O–H groups in total. The number of hydrogen-bond acceptors (Lipinski definition) is 3. The summed E-state index contributed by atoms with van der Waals surface area (Å²) in [5.74, 6) is -0.243. The van der Waals surface area contributed by atoms with Crippen molar-refractivity contribution in [3.05, 3.63) is 23.5 Å². The molecule has 4 nitrogen and oxygen atoms in total. The van der Waals surface area contributed by atoms with E-state index in [-0.39, 0.29) is 12.1 Å². The van der Waals surface area contributed by atoms with E-state index in [1.165, 1.54) is 0 Å². The highest BCUT2D eigenvalue weighted by atomic mass is 16.5. The van der Waals surface area contributed by atoms with Crippen LogP contribution in [0.1, 0.15) is 35.8 Å². The van der Waals surface area contributed by atoms with Crippen LogP contribution in [0.15, 0.2) is 12.3 Å². The molecule has 1 saturated heterocycles. The number of esters is 1. The van der Waals surface area contributed by atoms with E-state index < -0.39 is 0 Å². The highest BCUT2D eigenvalue weighted by Crippen LogP contribution is 2.18. The van der Waals surface area contributed by atoms with E-state index in [0.29, 0.717) is 12.3 Å². The molecule has 2 heterocycles. The van der Waals surface area contributed by atoms with E-state index in [9.17, 15) is 4.79 Å². The molecule has 0 spiro atoms. The minimum atomic E-state index is -0.243. The van der Waals surface area contributed by atoms with Gasteiger partial charge in [0.05, 0.1) is 12.7 Å². The lowest BCUT2D eigenvalue weighted by molar-refractivity contribution is 0.0503. The van der Waals surface area contributed by atoms with Crippen LogP contribution in [0.25, 0.3) is 0 Å². The van der Waals surface area contributed by atoms with Crippen molar-refractivity contribution in [1.29, 1.82) is 0 Å². The zero-order valence-electron chi connectivity index (χ0n) is 10.4. The van der Waals surface area contributed by atoms with Gasteiger partial charge in [0.1, 0.15) is 5.69 Å². The van der Waals surface area contributed by atoms with Crippen molar-refractivity contribution in [2.45, 2.75) is 39.3 Å². The van der Waals surface area contributed by atoms with Crippen molar-refractivity contribution in [2.75, 3.05) is 13.2 Å². The predicted octanol–water partition coefficient (Wildman–Crippen LogP) is 2.15. The molecule has 1 aromatic rings. The third-order valence-corrected chi connectivity index (χ3v) is 3.06. The molecule has 1 fully saturated rings. The predicted molar refractivity (Wildman–Crippen MR) is 64.1 cm³/mol. The Kier molecular flexibility index (Phi) is 3.84. The molecule has 1 unspecified atom stereocenters. The summed E-state index contributed by atoms with van der Waals surface area (Å²) < 4.78 is 12.6. The van der Waals surface area contributed by atoms with Gasteiger partial charge in [0.25, 0.3) is 0 Å². The van der Waals surface area contributed by atoms with E-state index in [0.717, 1.165) is 31.6 Å². The molecular weight excluding hydrogens is 218 g/mol. The molecule has 94 valence electrons. The maximum atomic E-state index is 11.8. The molecule has 0 aromatic carbocycles. The zero-order chi connectivity index (χ0) is 12.3. The normalized spacial score (nSPS) is 19.5. The van der Waals surface area contributed by atoms with Gasteiger partial charge < -0.3 is 14.0 Å². The number of nitrogens with zero attached hydrogens (tertiary/aromatic N) is 1. The highest BCUT2D eigenvalue weighted by Gasteiger charge is 2.21. The van der Waals surface area contributed by atoms with E-state index in [1.54, 1.807) is 0 Å². The fourth-order valence-corrected chi connectivity index (χ4v) is 2.22. The van der Waals surface area contributed by atoms with Crippen molar-refractivity contribution < 1.29 is 14.3 Å². The average molecular weight is 237 g/mol. The lowest BCUT2D eigenvalue weighted by Crippen LogP contribution is -2.19. The Morgan fingerprint density at radius 3 is 3.12 bits per heavy atom. The maximum Gasteiger partial charge on any atom is 0.355 e. The van der Waals surface area contributed by atoms with Gasteiger partial charge in [-0.2, -0.15) is 0 Å². The first-order valence-electron chi connectivity index (χ1n) is 6.16. The second-order valence-corrected chi connectivity index (χ2v) is 4.36. The third-order valence-electron chi connectivity index (χ3n) is 3.06. The van der Waals surface area contributed by atoms with Crippen molar-refractivity contribution in [1.82, 2.24) is 4.57 Å². The van der Waals surface area contributed by atoms with Gasteiger partial charge in [0.15, 0.2) is 0 Å². The van der Waals surface area contributed by atoms with Crippen LogP contribution in [-0.4, -0.2) is 29.9 Å². The van der Waals surface area contributed by atoms with Crippen LogP contribution < -0.4 is 0 Å². The zero-order valence-corrected chi connectivity index (χ0v) is 10.4. The lowest BCUT2D eigenvalue weighted by Gasteiger charge is -2.13. The molecule has 0 amide bonds. The fourth-order valence-electron chi connectivity index (χ4n) is 2.22. The summed E-state index contributed by atoms with van der Waals surface area (Å²) in [4.78, 5) is 11.8. The van der Waals surface area contributed by atoms with Crippen LogP contribution in [0.5, 0.6) is 0 Å². The van der Waals surface area contributed by atoms with Crippen LogP contribution >= 0.6 is 0 Å². The number of carbonyl (C=O) groups excluding carboxylic acids is 1. The number of hydrogen-bond donors (Lipinski definition) is 0. The standard InChI is InChI=1S/C13H19NO3/c1-3-16-13(15)12-10(2)6-7-14(12)9-11-5-4-8-17-11/h6-7,11H,3-5,8-9H2,1-2H3. The highest BCUT2D eigenvalue weighted by molar-refractivity contribution is 5.89. The van der Waals surface area contributed by atoms with Crippen LogP contribution in [-0.2, 0) is 16.0 Å².